The van der Waals surface area contributed by atoms with Crippen molar-refractivity contribution in [1.29, 1.82) is 0 Å². The molecule has 3 aromatic rings. The van der Waals surface area contributed by atoms with Crippen LogP contribution in [-0.4, -0.2) is 32.7 Å². The van der Waals surface area contributed by atoms with Crippen molar-refractivity contribution in [3.63, 3.8) is 0 Å². The second kappa shape index (κ2) is 6.55. The molecule has 1 saturated heterocycles. The number of benzene rings is 3. The summed E-state index contributed by atoms with van der Waals surface area (Å²) >= 11 is 6.33. The van der Waals surface area contributed by atoms with Crippen LogP contribution in [-0.2, 0) is 4.79 Å². The van der Waals surface area contributed by atoms with Crippen molar-refractivity contribution in [3.8, 4) is 0 Å². The summed E-state index contributed by atoms with van der Waals surface area (Å²) in [5, 5.41) is 13.0. The average Bonchev–Trinajstić information content (AvgIpc) is 2.88. The number of carbonyl (C=O) groups is 2. The summed E-state index contributed by atoms with van der Waals surface area (Å²) in [4.78, 5) is 25.1. The van der Waals surface area contributed by atoms with Gasteiger partial charge in [-0.25, -0.2) is 0 Å². The number of aliphatic carboxylic acids is 1. The van der Waals surface area contributed by atoms with Gasteiger partial charge in [0.25, 0.3) is 5.24 Å². The van der Waals surface area contributed by atoms with Crippen LogP contribution in [0.15, 0.2) is 59.5 Å². The summed E-state index contributed by atoms with van der Waals surface area (Å²) < 4.78 is 0. The third-order valence-electron chi connectivity index (χ3n) is 4.26. The molecular weight excluding hydrogens is 366 g/mol. The quantitative estimate of drug-likeness (QED) is 0.398. The lowest BCUT2D eigenvalue weighted by Gasteiger charge is -2.11. The van der Waals surface area contributed by atoms with Crippen molar-refractivity contribution in [1.82, 2.24) is 4.90 Å². The molecule has 1 heterocycles. The topological polar surface area (TPSA) is 57.6 Å². The molecule has 1 fully saturated rings. The Morgan fingerprint density at radius 3 is 2.23 bits per heavy atom. The fourth-order valence-corrected chi connectivity index (χ4v) is 4.32. The second-order valence-corrected chi connectivity index (χ2v) is 7.27. The van der Waals surface area contributed by atoms with Crippen LogP contribution in [0.25, 0.3) is 27.6 Å². The molecule has 1 N–H and O–H groups in total. The Hall–Kier alpha value is -2.70. The van der Waals surface area contributed by atoms with Crippen molar-refractivity contribution in [3.05, 3.63) is 65.1 Å². The monoisotopic (exact) mass is 379 g/mol. The van der Waals surface area contributed by atoms with Gasteiger partial charge in [-0.1, -0.05) is 60.7 Å². The molecule has 0 saturated carbocycles. The highest BCUT2D eigenvalue weighted by atomic mass is 32.2. The van der Waals surface area contributed by atoms with E-state index in [1.165, 1.54) is 0 Å². The number of thioether (sulfide) groups is 1. The Kier molecular flexibility index (Phi) is 4.22. The Morgan fingerprint density at radius 1 is 1.08 bits per heavy atom. The minimum atomic E-state index is -1.09. The minimum absolute atomic E-state index is 0.263. The number of fused-ring (bicyclic) bond motifs is 2. The van der Waals surface area contributed by atoms with Crippen molar-refractivity contribution in [2.45, 2.75) is 0 Å². The molecule has 0 aromatic heterocycles. The third-order valence-corrected chi connectivity index (χ3v) is 5.75. The van der Waals surface area contributed by atoms with E-state index in [1.807, 2.05) is 54.6 Å². The Balaban J connectivity index is 1.91. The van der Waals surface area contributed by atoms with Gasteiger partial charge in [0.1, 0.15) is 11.5 Å². The molecule has 0 bridgehead atoms. The van der Waals surface area contributed by atoms with Gasteiger partial charge >= 0.3 is 5.97 Å². The van der Waals surface area contributed by atoms with Crippen LogP contribution < -0.4 is 0 Å². The molecule has 1 aliphatic rings. The van der Waals surface area contributed by atoms with E-state index >= 15 is 0 Å². The van der Waals surface area contributed by atoms with Crippen LogP contribution in [0.2, 0.25) is 0 Å². The lowest BCUT2D eigenvalue weighted by Crippen LogP contribution is -2.32. The van der Waals surface area contributed by atoms with Crippen LogP contribution in [0.1, 0.15) is 5.56 Å². The molecule has 0 spiro atoms. The Morgan fingerprint density at radius 2 is 1.65 bits per heavy atom. The molecule has 0 unspecified atom stereocenters. The fourth-order valence-electron chi connectivity index (χ4n) is 3.11. The molecule has 0 aliphatic carbocycles. The van der Waals surface area contributed by atoms with E-state index in [-0.39, 0.29) is 10.2 Å². The van der Waals surface area contributed by atoms with Gasteiger partial charge in [-0.15, -0.1) is 0 Å². The largest absolute Gasteiger partial charge is 0.480 e. The van der Waals surface area contributed by atoms with Gasteiger partial charge in [0.15, 0.2) is 0 Å². The highest BCUT2D eigenvalue weighted by molar-refractivity contribution is 8.19. The van der Waals surface area contributed by atoms with E-state index in [0.29, 0.717) is 4.91 Å². The average molecular weight is 379 g/mol. The highest BCUT2D eigenvalue weighted by Gasteiger charge is 2.33. The molecule has 6 heteroatoms. The van der Waals surface area contributed by atoms with Crippen molar-refractivity contribution >= 4 is 67.8 Å². The van der Waals surface area contributed by atoms with E-state index in [0.717, 1.165) is 43.8 Å². The van der Waals surface area contributed by atoms with Crippen molar-refractivity contribution in [2.75, 3.05) is 6.54 Å². The van der Waals surface area contributed by atoms with Gasteiger partial charge < -0.3 is 5.11 Å². The van der Waals surface area contributed by atoms with E-state index in [2.05, 4.69) is 6.07 Å². The number of hydrogen-bond donors (Lipinski definition) is 1. The molecule has 3 aromatic carbocycles. The number of carboxylic acid groups (broad SMARTS) is 1. The standard InChI is InChI=1S/C20H13NO3S2/c22-18(23)11-21-19(25)17(26-20(21)24)10-16-14-7-3-1-5-12(14)9-13-6-2-4-8-15(13)16/h1-10H,11H2,(H,22,23). The van der Waals surface area contributed by atoms with Gasteiger partial charge in [-0.2, -0.15) is 0 Å². The fraction of sp³-hybridized carbons (Fsp3) is 0.0500. The van der Waals surface area contributed by atoms with E-state index in [4.69, 9.17) is 17.3 Å². The Labute approximate surface area is 159 Å². The van der Waals surface area contributed by atoms with Gasteiger partial charge in [-0.05, 0) is 51.0 Å². The lowest BCUT2D eigenvalue weighted by molar-refractivity contribution is -0.136. The number of thiocarbonyl (C=S) groups is 1. The number of hydrogen-bond acceptors (Lipinski definition) is 4. The molecule has 4 nitrogen and oxygen atoms in total. The predicted octanol–water partition coefficient (Wildman–Crippen LogP) is 4.91. The maximum atomic E-state index is 12.1. The number of carbonyl (C=O) groups excluding carboxylic acids is 1. The molecular formula is C20H13NO3S2. The van der Waals surface area contributed by atoms with Crippen molar-refractivity contribution in [2.24, 2.45) is 0 Å². The van der Waals surface area contributed by atoms with Gasteiger partial charge in [0.2, 0.25) is 0 Å². The highest BCUT2D eigenvalue weighted by Crippen LogP contribution is 2.36. The van der Waals surface area contributed by atoms with Crippen LogP contribution in [0, 0.1) is 0 Å². The smallest absolute Gasteiger partial charge is 0.323 e. The predicted molar refractivity (Wildman–Crippen MR) is 109 cm³/mol. The van der Waals surface area contributed by atoms with Crippen LogP contribution in [0.4, 0.5) is 4.79 Å². The second-order valence-electron chi connectivity index (χ2n) is 5.89. The number of nitrogens with zero attached hydrogens (tertiary/aromatic N) is 1. The summed E-state index contributed by atoms with van der Waals surface area (Å²) in [6.45, 7) is -0.418. The zero-order valence-electron chi connectivity index (χ0n) is 13.5. The summed E-state index contributed by atoms with van der Waals surface area (Å²) in [7, 11) is 0. The summed E-state index contributed by atoms with van der Waals surface area (Å²) in [6.07, 6.45) is 1.90. The van der Waals surface area contributed by atoms with Gasteiger partial charge in [-0.3, -0.25) is 14.5 Å². The first-order valence-corrected chi connectivity index (χ1v) is 9.15. The molecule has 0 radical (unpaired) electrons. The summed E-state index contributed by atoms with van der Waals surface area (Å²) in [5.41, 5.74) is 0.980. The minimum Gasteiger partial charge on any atom is -0.480 e. The summed E-state index contributed by atoms with van der Waals surface area (Å²) in [5.74, 6) is -1.09. The van der Waals surface area contributed by atoms with Gasteiger partial charge in [0.05, 0.1) is 4.91 Å². The first kappa shape index (κ1) is 16.8. The zero-order valence-corrected chi connectivity index (χ0v) is 15.1. The van der Waals surface area contributed by atoms with E-state index in [9.17, 15) is 9.59 Å². The van der Waals surface area contributed by atoms with E-state index < -0.39 is 12.5 Å². The number of carboxylic acids is 1. The van der Waals surface area contributed by atoms with E-state index in [1.54, 1.807) is 0 Å². The first-order valence-electron chi connectivity index (χ1n) is 7.92. The first-order chi connectivity index (χ1) is 12.5. The van der Waals surface area contributed by atoms with Gasteiger partial charge in [0, 0.05) is 0 Å². The van der Waals surface area contributed by atoms with Crippen molar-refractivity contribution < 1.29 is 14.7 Å². The Bertz CT molecular complexity index is 1070. The molecule has 26 heavy (non-hydrogen) atoms. The van der Waals surface area contributed by atoms with Crippen LogP contribution >= 0.6 is 24.0 Å². The number of rotatable bonds is 3. The molecule has 4 rings (SSSR count). The molecule has 0 atom stereocenters. The van der Waals surface area contributed by atoms with Crippen LogP contribution in [0.3, 0.4) is 0 Å². The normalized spacial score (nSPS) is 16.2. The zero-order chi connectivity index (χ0) is 18.3. The lowest BCUT2D eigenvalue weighted by atomic mass is 9.96. The maximum Gasteiger partial charge on any atom is 0.323 e. The molecule has 1 aliphatic heterocycles. The third kappa shape index (κ3) is 2.87. The SMILES string of the molecule is O=C(O)CN1C(=O)SC(=Cc2c3ccccc3cc3ccccc23)C1=S. The molecule has 1 amide bonds. The molecule has 128 valence electrons. The maximum absolute atomic E-state index is 12.1. The summed E-state index contributed by atoms with van der Waals surface area (Å²) in [6, 6.07) is 18.2. The number of amides is 1. The van der Waals surface area contributed by atoms with Crippen LogP contribution in [0.5, 0.6) is 0 Å².